The Hall–Kier alpha value is -0.880. The van der Waals surface area contributed by atoms with E-state index in [0.29, 0.717) is 5.92 Å². The maximum Gasteiger partial charge on any atom is 0.128 e. The predicted octanol–water partition coefficient (Wildman–Crippen LogP) is 3.17. The molecule has 3 heteroatoms. The number of nitriles is 1. The lowest BCUT2D eigenvalue weighted by atomic mass is 10.1. The fraction of sp³-hybridized carbons (Fsp3) is 0.636. The minimum atomic E-state index is 0.613. The summed E-state index contributed by atoms with van der Waals surface area (Å²) >= 11 is 1.56. The zero-order valence-corrected chi connectivity index (χ0v) is 9.82. The van der Waals surface area contributed by atoms with Gasteiger partial charge < -0.3 is 0 Å². The summed E-state index contributed by atoms with van der Waals surface area (Å²) in [6.07, 6.45) is 2.97. The number of aryl methyl sites for hydroxylation is 1. The molecule has 0 aliphatic heterocycles. The minimum Gasteiger partial charge on any atom is -0.245 e. The largest absolute Gasteiger partial charge is 0.245 e. The zero-order valence-electron chi connectivity index (χ0n) is 9.00. The maximum absolute atomic E-state index is 8.91. The molecule has 0 atom stereocenters. The highest BCUT2D eigenvalue weighted by molar-refractivity contribution is 7.12. The first-order chi connectivity index (χ1) is 6.67. The van der Waals surface area contributed by atoms with E-state index in [0.717, 1.165) is 34.8 Å². The molecular weight excluding hydrogens is 192 g/mol. The van der Waals surface area contributed by atoms with Gasteiger partial charge in [0.15, 0.2) is 0 Å². The molecule has 0 saturated carbocycles. The SMILES string of the molecule is CCCc1nc(CC(C)C)sc1C#N. The van der Waals surface area contributed by atoms with Crippen LogP contribution in [0.2, 0.25) is 0 Å². The molecule has 0 aromatic carbocycles. The Morgan fingerprint density at radius 3 is 2.71 bits per heavy atom. The summed E-state index contributed by atoms with van der Waals surface area (Å²) in [4.78, 5) is 5.31. The lowest BCUT2D eigenvalue weighted by Crippen LogP contribution is -1.93. The molecule has 1 aromatic rings. The Kier molecular flexibility index (Phi) is 4.09. The Labute approximate surface area is 89.6 Å². The van der Waals surface area contributed by atoms with Gasteiger partial charge in [0.2, 0.25) is 0 Å². The minimum absolute atomic E-state index is 0.613. The number of thiazole rings is 1. The quantitative estimate of drug-likeness (QED) is 0.762. The van der Waals surface area contributed by atoms with E-state index < -0.39 is 0 Å². The van der Waals surface area contributed by atoms with Crippen LogP contribution in [-0.2, 0) is 12.8 Å². The van der Waals surface area contributed by atoms with E-state index in [4.69, 9.17) is 5.26 Å². The summed E-state index contributed by atoms with van der Waals surface area (Å²) in [5.41, 5.74) is 0.996. The smallest absolute Gasteiger partial charge is 0.128 e. The molecule has 14 heavy (non-hydrogen) atoms. The summed E-state index contributed by atoms with van der Waals surface area (Å²) in [6.45, 7) is 6.46. The molecule has 0 unspecified atom stereocenters. The summed E-state index contributed by atoms with van der Waals surface area (Å²) in [5, 5.41) is 10.0. The standard InChI is InChI=1S/C11H16N2S/c1-4-5-9-10(7-12)14-11(13-9)6-8(2)3/h8H,4-6H2,1-3H3. The Morgan fingerprint density at radius 2 is 2.21 bits per heavy atom. The number of rotatable bonds is 4. The van der Waals surface area contributed by atoms with Gasteiger partial charge in [-0.25, -0.2) is 4.98 Å². The van der Waals surface area contributed by atoms with Crippen molar-refractivity contribution >= 4 is 11.3 Å². The molecule has 0 aliphatic carbocycles. The van der Waals surface area contributed by atoms with Gasteiger partial charge >= 0.3 is 0 Å². The zero-order chi connectivity index (χ0) is 10.6. The highest BCUT2D eigenvalue weighted by Gasteiger charge is 2.10. The Bertz CT molecular complexity index is 334. The normalized spacial score (nSPS) is 10.5. The molecule has 1 rings (SSSR count). The lowest BCUT2D eigenvalue weighted by Gasteiger charge is -1.98. The first kappa shape index (κ1) is 11.2. The van der Waals surface area contributed by atoms with Crippen molar-refractivity contribution in [3.8, 4) is 6.07 Å². The fourth-order valence-corrected chi connectivity index (χ4v) is 2.45. The molecule has 2 nitrogen and oxygen atoms in total. The number of hydrogen-bond donors (Lipinski definition) is 0. The van der Waals surface area contributed by atoms with Gasteiger partial charge in [0.25, 0.3) is 0 Å². The van der Waals surface area contributed by atoms with E-state index in [1.54, 1.807) is 11.3 Å². The first-order valence-corrected chi connectivity index (χ1v) is 5.87. The molecule has 0 spiro atoms. The predicted molar refractivity (Wildman–Crippen MR) is 59.4 cm³/mol. The van der Waals surface area contributed by atoms with Crippen LogP contribution in [0.1, 0.15) is 42.8 Å². The van der Waals surface area contributed by atoms with Crippen LogP contribution in [0.25, 0.3) is 0 Å². The molecule has 0 amide bonds. The van der Waals surface area contributed by atoms with E-state index >= 15 is 0 Å². The molecule has 1 heterocycles. The van der Waals surface area contributed by atoms with Crippen molar-refractivity contribution in [2.24, 2.45) is 5.92 Å². The third kappa shape index (κ3) is 2.81. The highest BCUT2D eigenvalue weighted by Crippen LogP contribution is 2.21. The van der Waals surface area contributed by atoms with Gasteiger partial charge in [0.1, 0.15) is 10.9 Å². The van der Waals surface area contributed by atoms with E-state index in [1.165, 1.54) is 0 Å². The Balaban J connectivity index is 2.84. The van der Waals surface area contributed by atoms with Crippen molar-refractivity contribution in [2.75, 3.05) is 0 Å². The van der Waals surface area contributed by atoms with Gasteiger partial charge in [0, 0.05) is 6.42 Å². The molecule has 0 saturated heterocycles. The fourth-order valence-electron chi connectivity index (χ4n) is 1.33. The van der Waals surface area contributed by atoms with Gasteiger partial charge in [-0.15, -0.1) is 11.3 Å². The van der Waals surface area contributed by atoms with Gasteiger partial charge in [-0.05, 0) is 12.3 Å². The van der Waals surface area contributed by atoms with Crippen molar-refractivity contribution in [1.29, 1.82) is 5.26 Å². The summed E-state index contributed by atoms with van der Waals surface area (Å²) in [5.74, 6) is 0.613. The maximum atomic E-state index is 8.91. The molecule has 0 aliphatic rings. The van der Waals surface area contributed by atoms with Crippen molar-refractivity contribution in [3.05, 3.63) is 15.6 Å². The summed E-state index contributed by atoms with van der Waals surface area (Å²) in [6, 6.07) is 2.23. The van der Waals surface area contributed by atoms with Crippen LogP contribution < -0.4 is 0 Å². The van der Waals surface area contributed by atoms with Crippen molar-refractivity contribution in [2.45, 2.75) is 40.0 Å². The average Bonchev–Trinajstić information content (AvgIpc) is 2.47. The number of nitrogens with zero attached hydrogens (tertiary/aromatic N) is 2. The molecule has 0 bridgehead atoms. The third-order valence-electron chi connectivity index (χ3n) is 1.91. The van der Waals surface area contributed by atoms with Crippen molar-refractivity contribution in [3.63, 3.8) is 0 Å². The van der Waals surface area contributed by atoms with Crippen molar-refractivity contribution in [1.82, 2.24) is 4.98 Å². The van der Waals surface area contributed by atoms with Gasteiger partial charge in [0.05, 0.1) is 10.7 Å². The second-order valence-electron chi connectivity index (χ2n) is 3.84. The molecule has 0 fully saturated rings. The van der Waals surface area contributed by atoms with Gasteiger partial charge in [-0.2, -0.15) is 5.26 Å². The second-order valence-corrected chi connectivity index (χ2v) is 4.93. The average molecular weight is 208 g/mol. The summed E-state index contributed by atoms with van der Waals surface area (Å²) < 4.78 is 0. The Morgan fingerprint density at radius 1 is 1.50 bits per heavy atom. The number of hydrogen-bond acceptors (Lipinski definition) is 3. The van der Waals surface area contributed by atoms with Crippen LogP contribution in [0.15, 0.2) is 0 Å². The van der Waals surface area contributed by atoms with E-state index in [-0.39, 0.29) is 0 Å². The van der Waals surface area contributed by atoms with Crippen LogP contribution in [0, 0.1) is 17.2 Å². The van der Waals surface area contributed by atoms with Crippen LogP contribution in [0.3, 0.4) is 0 Å². The van der Waals surface area contributed by atoms with E-state index in [2.05, 4.69) is 31.8 Å². The third-order valence-corrected chi connectivity index (χ3v) is 2.94. The molecule has 76 valence electrons. The van der Waals surface area contributed by atoms with Crippen LogP contribution in [0.4, 0.5) is 0 Å². The number of aromatic nitrogens is 1. The van der Waals surface area contributed by atoms with E-state index in [9.17, 15) is 0 Å². The van der Waals surface area contributed by atoms with Crippen molar-refractivity contribution < 1.29 is 0 Å². The molecule has 1 aromatic heterocycles. The second kappa shape index (κ2) is 5.11. The van der Waals surface area contributed by atoms with Crippen LogP contribution in [0.5, 0.6) is 0 Å². The molecule has 0 N–H and O–H groups in total. The topological polar surface area (TPSA) is 36.7 Å². The van der Waals surface area contributed by atoms with Gasteiger partial charge in [-0.1, -0.05) is 27.2 Å². The lowest BCUT2D eigenvalue weighted by molar-refractivity contribution is 0.642. The van der Waals surface area contributed by atoms with E-state index in [1.807, 2.05) is 0 Å². The van der Waals surface area contributed by atoms with Crippen LogP contribution in [-0.4, -0.2) is 4.98 Å². The molecule has 0 radical (unpaired) electrons. The van der Waals surface area contributed by atoms with Gasteiger partial charge in [-0.3, -0.25) is 0 Å². The van der Waals surface area contributed by atoms with Crippen LogP contribution >= 0.6 is 11.3 Å². The first-order valence-electron chi connectivity index (χ1n) is 5.06. The molecular formula is C11H16N2S. The monoisotopic (exact) mass is 208 g/mol. The highest BCUT2D eigenvalue weighted by atomic mass is 32.1. The summed E-state index contributed by atoms with van der Waals surface area (Å²) in [7, 11) is 0.